The van der Waals surface area contributed by atoms with E-state index in [1.54, 1.807) is 6.07 Å². The van der Waals surface area contributed by atoms with Gasteiger partial charge in [0.2, 0.25) is 0 Å². The van der Waals surface area contributed by atoms with E-state index in [0.29, 0.717) is 6.54 Å². The summed E-state index contributed by atoms with van der Waals surface area (Å²) in [5, 5.41) is 3.27. The molecule has 1 aromatic rings. The summed E-state index contributed by atoms with van der Waals surface area (Å²) in [5.41, 5.74) is 1.85. The molecule has 0 aliphatic rings. The van der Waals surface area contributed by atoms with Gasteiger partial charge in [0.25, 0.3) is 0 Å². The lowest BCUT2D eigenvalue weighted by Gasteiger charge is -2.35. The van der Waals surface area contributed by atoms with Crippen LogP contribution in [0.5, 0.6) is 0 Å². The van der Waals surface area contributed by atoms with E-state index in [4.69, 9.17) is 0 Å². The fourth-order valence-corrected chi connectivity index (χ4v) is 2.07. The van der Waals surface area contributed by atoms with Crippen LogP contribution in [-0.2, 0) is 13.1 Å². The van der Waals surface area contributed by atoms with Gasteiger partial charge in [-0.2, -0.15) is 0 Å². The third-order valence-electron chi connectivity index (χ3n) is 3.35. The van der Waals surface area contributed by atoms with Gasteiger partial charge in [-0.3, -0.25) is 4.90 Å². The molecule has 1 N–H and O–H groups in total. The second kappa shape index (κ2) is 7.55. The summed E-state index contributed by atoms with van der Waals surface area (Å²) in [6.45, 7) is 15.3. The van der Waals surface area contributed by atoms with E-state index in [9.17, 15) is 4.39 Å². The Morgan fingerprint density at radius 2 is 2.05 bits per heavy atom. The van der Waals surface area contributed by atoms with Crippen LogP contribution >= 0.6 is 0 Å². The molecule has 0 unspecified atom stereocenters. The summed E-state index contributed by atoms with van der Waals surface area (Å²) in [6, 6.07) is 5.37. The number of nitrogens with zero attached hydrogens (tertiary/aromatic N) is 1. The van der Waals surface area contributed by atoms with Crippen molar-refractivity contribution in [2.24, 2.45) is 0 Å². The summed E-state index contributed by atoms with van der Waals surface area (Å²) in [5.74, 6) is -0.136. The first-order valence-electron chi connectivity index (χ1n) is 7.22. The van der Waals surface area contributed by atoms with Crippen LogP contribution in [0.2, 0.25) is 0 Å². The summed E-state index contributed by atoms with van der Waals surface area (Å²) in [6.07, 6.45) is 1.87. The quantitative estimate of drug-likeness (QED) is 0.765. The van der Waals surface area contributed by atoms with Gasteiger partial charge < -0.3 is 5.32 Å². The first-order chi connectivity index (χ1) is 9.38. The maximum Gasteiger partial charge on any atom is 0.127 e. The normalized spacial score (nSPS) is 11.9. The number of nitrogens with one attached hydrogen (secondary N) is 1. The van der Waals surface area contributed by atoms with Crippen LogP contribution in [0.25, 0.3) is 0 Å². The molecule has 0 saturated heterocycles. The first-order valence-corrected chi connectivity index (χ1v) is 7.22. The highest BCUT2D eigenvalue weighted by Crippen LogP contribution is 2.20. The second-order valence-corrected chi connectivity index (χ2v) is 6.05. The van der Waals surface area contributed by atoms with Crippen LogP contribution in [0.4, 0.5) is 4.39 Å². The zero-order chi connectivity index (χ0) is 15.2. The van der Waals surface area contributed by atoms with Crippen molar-refractivity contribution in [3.63, 3.8) is 0 Å². The van der Waals surface area contributed by atoms with Crippen molar-refractivity contribution in [2.75, 3.05) is 13.1 Å². The van der Waals surface area contributed by atoms with E-state index in [0.717, 1.165) is 30.8 Å². The van der Waals surface area contributed by atoms with Crippen molar-refractivity contribution in [2.45, 2.75) is 46.3 Å². The topological polar surface area (TPSA) is 15.3 Å². The number of benzene rings is 1. The van der Waals surface area contributed by atoms with Crippen LogP contribution < -0.4 is 5.32 Å². The van der Waals surface area contributed by atoms with E-state index < -0.39 is 0 Å². The molecule has 0 aromatic heterocycles. The fourth-order valence-electron chi connectivity index (χ4n) is 2.07. The van der Waals surface area contributed by atoms with Crippen LogP contribution in [0.3, 0.4) is 0 Å². The summed E-state index contributed by atoms with van der Waals surface area (Å²) in [7, 11) is 0. The van der Waals surface area contributed by atoms with E-state index in [1.165, 1.54) is 0 Å². The zero-order valence-corrected chi connectivity index (χ0v) is 13.2. The molecular formula is C17H27FN2. The Kier molecular flexibility index (Phi) is 6.37. The van der Waals surface area contributed by atoms with Crippen molar-refractivity contribution in [1.82, 2.24) is 10.2 Å². The number of hydrogen-bond acceptors (Lipinski definition) is 2. The minimum Gasteiger partial charge on any atom is -0.313 e. The maximum absolute atomic E-state index is 14.0. The molecule has 0 heterocycles. The van der Waals surface area contributed by atoms with E-state index >= 15 is 0 Å². The lowest BCUT2D eigenvalue weighted by Crippen LogP contribution is -2.41. The Balaban J connectivity index is 2.90. The molecule has 20 heavy (non-hydrogen) atoms. The van der Waals surface area contributed by atoms with Gasteiger partial charge in [0, 0.05) is 30.7 Å². The molecule has 112 valence electrons. The van der Waals surface area contributed by atoms with Gasteiger partial charge in [0.05, 0.1) is 0 Å². The Morgan fingerprint density at radius 3 is 2.60 bits per heavy atom. The van der Waals surface area contributed by atoms with Gasteiger partial charge in [-0.15, -0.1) is 6.58 Å². The monoisotopic (exact) mass is 278 g/mol. The first kappa shape index (κ1) is 16.9. The van der Waals surface area contributed by atoms with Crippen molar-refractivity contribution in [3.05, 3.63) is 47.8 Å². The summed E-state index contributed by atoms with van der Waals surface area (Å²) >= 11 is 0. The number of hydrogen-bond donors (Lipinski definition) is 1. The lowest BCUT2D eigenvalue weighted by molar-refractivity contribution is 0.143. The van der Waals surface area contributed by atoms with E-state index in [-0.39, 0.29) is 11.4 Å². The molecule has 1 aromatic carbocycles. The highest BCUT2D eigenvalue weighted by atomic mass is 19.1. The largest absolute Gasteiger partial charge is 0.313 e. The van der Waals surface area contributed by atoms with Crippen molar-refractivity contribution < 1.29 is 4.39 Å². The van der Waals surface area contributed by atoms with Crippen LogP contribution in [-0.4, -0.2) is 23.5 Å². The van der Waals surface area contributed by atoms with Crippen molar-refractivity contribution in [1.29, 1.82) is 0 Å². The third kappa shape index (κ3) is 5.06. The van der Waals surface area contributed by atoms with Crippen LogP contribution in [0, 0.1) is 5.82 Å². The standard InChI is InChI=1S/C17H27FN2/c1-6-10-20(17(3,4)5)13-15-11-14(12-19-7-2)8-9-16(15)18/h6,8-9,11,19H,1,7,10,12-13H2,2-5H3. The number of halogens is 1. The van der Waals surface area contributed by atoms with Crippen LogP contribution in [0.1, 0.15) is 38.8 Å². The van der Waals surface area contributed by atoms with Crippen molar-refractivity contribution >= 4 is 0 Å². The smallest absolute Gasteiger partial charge is 0.127 e. The Hall–Kier alpha value is -1.19. The molecule has 0 saturated carbocycles. The third-order valence-corrected chi connectivity index (χ3v) is 3.35. The SMILES string of the molecule is C=CCN(Cc1cc(CNCC)ccc1F)C(C)(C)C. The van der Waals surface area contributed by atoms with Gasteiger partial charge in [-0.05, 0) is 38.9 Å². The molecule has 0 radical (unpaired) electrons. The minimum absolute atomic E-state index is 0.0156. The van der Waals surface area contributed by atoms with E-state index in [2.05, 4.69) is 44.5 Å². The van der Waals surface area contributed by atoms with Gasteiger partial charge in [-0.1, -0.05) is 25.1 Å². The second-order valence-electron chi connectivity index (χ2n) is 6.05. The average Bonchev–Trinajstić information content (AvgIpc) is 2.37. The van der Waals surface area contributed by atoms with Crippen LogP contribution in [0.15, 0.2) is 30.9 Å². The molecule has 2 nitrogen and oxygen atoms in total. The van der Waals surface area contributed by atoms with Gasteiger partial charge in [-0.25, -0.2) is 4.39 Å². The molecular weight excluding hydrogens is 251 g/mol. The molecule has 0 atom stereocenters. The lowest BCUT2D eigenvalue weighted by atomic mass is 10.0. The van der Waals surface area contributed by atoms with Crippen molar-refractivity contribution in [3.8, 4) is 0 Å². The average molecular weight is 278 g/mol. The maximum atomic E-state index is 14.0. The predicted molar refractivity (Wildman–Crippen MR) is 84.1 cm³/mol. The number of rotatable bonds is 7. The summed E-state index contributed by atoms with van der Waals surface area (Å²) < 4.78 is 14.0. The van der Waals surface area contributed by atoms with E-state index in [1.807, 2.05) is 18.2 Å². The Labute approximate surface area is 122 Å². The highest BCUT2D eigenvalue weighted by Gasteiger charge is 2.21. The predicted octanol–water partition coefficient (Wildman–Crippen LogP) is 3.72. The Morgan fingerprint density at radius 1 is 1.35 bits per heavy atom. The zero-order valence-electron chi connectivity index (χ0n) is 13.2. The minimum atomic E-state index is -0.136. The molecule has 3 heteroatoms. The molecule has 0 spiro atoms. The molecule has 0 aliphatic carbocycles. The molecule has 0 aliphatic heterocycles. The van der Waals surface area contributed by atoms with Gasteiger partial charge >= 0.3 is 0 Å². The molecule has 0 amide bonds. The Bertz CT molecular complexity index is 435. The molecule has 1 rings (SSSR count). The fraction of sp³-hybridized carbons (Fsp3) is 0.529. The van der Waals surface area contributed by atoms with Gasteiger partial charge in [0.1, 0.15) is 5.82 Å². The highest BCUT2D eigenvalue weighted by molar-refractivity contribution is 5.25. The summed E-state index contributed by atoms with van der Waals surface area (Å²) in [4.78, 5) is 2.22. The van der Waals surface area contributed by atoms with Gasteiger partial charge in [0.15, 0.2) is 0 Å². The molecule has 0 bridgehead atoms. The molecule has 0 fully saturated rings.